The maximum atomic E-state index is 10.4. The van der Waals surface area contributed by atoms with E-state index < -0.39 is 0 Å². The van der Waals surface area contributed by atoms with Gasteiger partial charge in [0.05, 0.1) is 19.8 Å². The van der Waals surface area contributed by atoms with Gasteiger partial charge in [0.25, 0.3) is 0 Å². The third kappa shape index (κ3) is 15.9. The molecule has 0 heterocycles. The Bertz CT molecular complexity index is 161. The van der Waals surface area contributed by atoms with Crippen LogP contribution in [0.1, 0.15) is 13.3 Å². The molecule has 0 aromatic heterocycles. The average molecular weight is 323 g/mol. The van der Waals surface area contributed by atoms with Gasteiger partial charge < -0.3 is 15.3 Å². The van der Waals surface area contributed by atoms with Crippen molar-refractivity contribution in [3.05, 3.63) is 0 Å². The number of ether oxygens (including phenoxy) is 1. The van der Waals surface area contributed by atoms with Crippen LogP contribution >= 0.6 is 0 Å². The van der Waals surface area contributed by atoms with E-state index in [-0.39, 0.29) is 25.8 Å². The molecule has 0 aromatic carbocycles. The molecule has 7 heteroatoms. The van der Waals surface area contributed by atoms with E-state index in [2.05, 4.69) is 4.74 Å². The summed E-state index contributed by atoms with van der Waals surface area (Å²) in [4.78, 5) is 12.2. The van der Waals surface area contributed by atoms with Crippen molar-refractivity contribution in [1.82, 2.24) is 4.90 Å². The standard InChI is InChI=1S/C6H15NO3.C5H9GeO2/c8-4-1-7(2-5-9)3-6-10;1-2-8-5(7)3-4-6/h8-10H,1-6H2;2-4H2,1H3. The van der Waals surface area contributed by atoms with E-state index in [1.807, 2.05) is 23.4 Å². The first-order chi connectivity index (χ1) is 8.65. The third-order valence-corrected chi connectivity index (χ3v) is 2.41. The van der Waals surface area contributed by atoms with Crippen LogP contribution in [0.3, 0.4) is 0 Å². The number of hydrogen-bond acceptors (Lipinski definition) is 6. The SMILES string of the molecule is CCOC(=O)C[CH2][Ge].OCCN(CCO)CCO. The van der Waals surface area contributed by atoms with Crippen LogP contribution in [-0.2, 0) is 9.53 Å². The minimum atomic E-state index is -0.0880. The molecule has 107 valence electrons. The predicted molar refractivity (Wildman–Crippen MR) is 69.5 cm³/mol. The molecule has 0 spiro atoms. The first-order valence-corrected chi connectivity index (χ1v) is 7.49. The van der Waals surface area contributed by atoms with Crippen molar-refractivity contribution in [2.75, 3.05) is 46.1 Å². The number of nitrogens with zero attached hydrogens (tertiary/aromatic N) is 1. The number of aliphatic hydroxyl groups excluding tert-OH is 3. The summed E-state index contributed by atoms with van der Waals surface area (Å²) >= 11 is 1.96. The monoisotopic (exact) mass is 324 g/mol. The molecule has 0 atom stereocenters. The van der Waals surface area contributed by atoms with Gasteiger partial charge in [-0.05, 0) is 0 Å². The van der Waals surface area contributed by atoms with Gasteiger partial charge >= 0.3 is 57.2 Å². The van der Waals surface area contributed by atoms with Crippen molar-refractivity contribution in [3.63, 3.8) is 0 Å². The average Bonchev–Trinajstić information content (AvgIpc) is 2.31. The fraction of sp³-hybridized carbons (Fsp3) is 0.909. The molecule has 18 heavy (non-hydrogen) atoms. The van der Waals surface area contributed by atoms with E-state index in [0.717, 1.165) is 5.25 Å². The van der Waals surface area contributed by atoms with Crippen LogP contribution in [0.2, 0.25) is 5.25 Å². The van der Waals surface area contributed by atoms with Crippen LogP contribution in [0.15, 0.2) is 0 Å². The van der Waals surface area contributed by atoms with Crippen molar-refractivity contribution in [3.8, 4) is 0 Å². The zero-order valence-corrected chi connectivity index (χ0v) is 13.1. The number of hydrogen-bond donors (Lipinski definition) is 3. The molecule has 0 aromatic rings. The molecule has 0 unspecified atom stereocenters. The summed E-state index contributed by atoms with van der Waals surface area (Å²) in [6, 6.07) is 0. The second-order valence-electron chi connectivity index (χ2n) is 3.32. The minimum Gasteiger partial charge on any atom is -0.395 e. The summed E-state index contributed by atoms with van der Waals surface area (Å²) in [5.74, 6) is -0.0880. The number of carbonyl (C=O) groups is 1. The first-order valence-electron chi connectivity index (χ1n) is 6.01. The van der Waals surface area contributed by atoms with E-state index >= 15 is 0 Å². The van der Waals surface area contributed by atoms with Gasteiger partial charge in [0.15, 0.2) is 0 Å². The van der Waals surface area contributed by atoms with Gasteiger partial charge in [0.2, 0.25) is 0 Å². The molecule has 0 aliphatic heterocycles. The maximum Gasteiger partial charge on any atom is 0.0558 e. The molecular formula is C11H24GeNO5. The minimum absolute atomic E-state index is 0.0694. The Balaban J connectivity index is 0. The Labute approximate surface area is 117 Å². The molecule has 3 N–H and O–H groups in total. The second kappa shape index (κ2) is 16.9. The van der Waals surface area contributed by atoms with Gasteiger partial charge in [-0.3, -0.25) is 4.90 Å². The normalized spacial score (nSPS) is 9.89. The van der Waals surface area contributed by atoms with Crippen LogP contribution in [0, 0.1) is 0 Å². The van der Waals surface area contributed by atoms with Crippen LogP contribution in [0.5, 0.6) is 0 Å². The zero-order chi connectivity index (χ0) is 14.2. The largest absolute Gasteiger partial charge is 0.395 e. The van der Waals surface area contributed by atoms with Crippen LogP contribution in [0.4, 0.5) is 0 Å². The molecule has 3 radical (unpaired) electrons. The summed E-state index contributed by atoms with van der Waals surface area (Å²) in [5, 5.41) is 26.3. The fourth-order valence-electron chi connectivity index (χ4n) is 1.09. The molecule has 0 aliphatic rings. The topological polar surface area (TPSA) is 90.2 Å². The van der Waals surface area contributed by atoms with Crippen molar-refractivity contribution in [2.45, 2.75) is 18.6 Å². The maximum absolute atomic E-state index is 10.4. The fourth-order valence-corrected chi connectivity index (χ4v) is 1.52. The Hall–Kier alpha value is -0.147. The van der Waals surface area contributed by atoms with Gasteiger partial charge in [-0.2, -0.15) is 0 Å². The summed E-state index contributed by atoms with van der Waals surface area (Å²) in [6.07, 6.45) is 0.549. The number of esters is 1. The van der Waals surface area contributed by atoms with Gasteiger partial charge in [-0.1, -0.05) is 0 Å². The molecule has 0 saturated carbocycles. The van der Waals surface area contributed by atoms with Crippen LogP contribution in [-0.4, -0.2) is 88.8 Å². The van der Waals surface area contributed by atoms with Crippen LogP contribution in [0.25, 0.3) is 0 Å². The van der Waals surface area contributed by atoms with E-state index in [0.29, 0.717) is 32.7 Å². The Morgan fingerprint density at radius 3 is 1.83 bits per heavy atom. The van der Waals surface area contributed by atoms with Crippen molar-refractivity contribution in [2.24, 2.45) is 0 Å². The Kier molecular flexibility index (Phi) is 18.9. The summed E-state index contributed by atoms with van der Waals surface area (Å²) in [5.41, 5.74) is 0. The number of rotatable bonds is 9. The molecule has 0 aliphatic carbocycles. The van der Waals surface area contributed by atoms with E-state index in [1.165, 1.54) is 0 Å². The molecular weight excluding hydrogens is 299 g/mol. The molecule has 0 amide bonds. The van der Waals surface area contributed by atoms with Gasteiger partial charge in [-0.15, -0.1) is 0 Å². The quantitative estimate of drug-likeness (QED) is 0.365. The van der Waals surface area contributed by atoms with E-state index in [1.54, 1.807) is 4.90 Å². The summed E-state index contributed by atoms with van der Waals surface area (Å²) < 4.78 is 4.64. The Morgan fingerprint density at radius 1 is 1.11 bits per heavy atom. The van der Waals surface area contributed by atoms with Gasteiger partial charge in [-0.25, -0.2) is 0 Å². The van der Waals surface area contributed by atoms with Crippen LogP contribution < -0.4 is 0 Å². The molecule has 6 nitrogen and oxygen atoms in total. The summed E-state index contributed by atoms with van der Waals surface area (Å²) in [6.45, 7) is 4.07. The third-order valence-electron chi connectivity index (χ3n) is 1.88. The van der Waals surface area contributed by atoms with Gasteiger partial charge in [0, 0.05) is 19.6 Å². The smallest absolute Gasteiger partial charge is 0.0558 e. The zero-order valence-electron chi connectivity index (χ0n) is 11.0. The van der Waals surface area contributed by atoms with E-state index in [4.69, 9.17) is 15.3 Å². The van der Waals surface area contributed by atoms with Crippen molar-refractivity contribution < 1.29 is 24.9 Å². The predicted octanol–water partition coefficient (Wildman–Crippen LogP) is -1.21. The Morgan fingerprint density at radius 2 is 1.56 bits per heavy atom. The van der Waals surface area contributed by atoms with Crippen molar-refractivity contribution in [1.29, 1.82) is 0 Å². The van der Waals surface area contributed by atoms with Gasteiger partial charge in [0.1, 0.15) is 0 Å². The first kappa shape index (κ1) is 20.2. The molecule has 0 bridgehead atoms. The number of aliphatic hydroxyl groups is 3. The van der Waals surface area contributed by atoms with Crippen molar-refractivity contribution >= 4 is 22.5 Å². The summed E-state index contributed by atoms with van der Waals surface area (Å²) in [7, 11) is 0. The number of carbonyl (C=O) groups excluding carboxylic acids is 1. The molecule has 0 saturated heterocycles. The molecule has 0 rings (SSSR count). The molecule has 0 fully saturated rings. The second-order valence-corrected chi connectivity index (χ2v) is 4.37. The van der Waals surface area contributed by atoms with E-state index in [9.17, 15) is 4.79 Å².